The Balaban J connectivity index is 2.12. The molecule has 0 aliphatic rings. The van der Waals surface area contributed by atoms with Crippen LogP contribution in [0.15, 0.2) is 5.38 Å². The van der Waals surface area contributed by atoms with Gasteiger partial charge < -0.3 is 10.4 Å². The Morgan fingerprint density at radius 2 is 2.17 bits per heavy atom. The molecule has 0 unspecified atom stereocenters. The Morgan fingerprint density at radius 3 is 2.78 bits per heavy atom. The van der Waals surface area contributed by atoms with Crippen LogP contribution in [0.2, 0.25) is 0 Å². The first-order valence-electron chi connectivity index (χ1n) is 5.91. The van der Waals surface area contributed by atoms with Crippen LogP contribution in [-0.4, -0.2) is 26.5 Å². The molecule has 0 aromatic carbocycles. The molecule has 0 spiro atoms. The van der Waals surface area contributed by atoms with Crippen molar-refractivity contribution in [2.75, 3.05) is 11.9 Å². The largest absolute Gasteiger partial charge is 0.394 e. The number of nitrogens with zero attached hydrogens (tertiary/aromatic N) is 3. The van der Waals surface area contributed by atoms with E-state index in [2.05, 4.69) is 15.4 Å². The lowest BCUT2D eigenvalue weighted by atomic mass is 10.3. The summed E-state index contributed by atoms with van der Waals surface area (Å²) in [4.78, 5) is 4.41. The summed E-state index contributed by atoms with van der Waals surface area (Å²) in [5.41, 5.74) is 3.16. The molecule has 0 aliphatic carbocycles. The number of aliphatic hydroxyl groups excluding tert-OH is 1. The number of rotatable bonds is 5. The van der Waals surface area contributed by atoms with Gasteiger partial charge in [-0.3, -0.25) is 0 Å². The summed E-state index contributed by atoms with van der Waals surface area (Å²) in [6.07, 6.45) is 0. The van der Waals surface area contributed by atoms with Crippen molar-refractivity contribution in [2.45, 2.75) is 33.9 Å². The van der Waals surface area contributed by atoms with Gasteiger partial charge in [-0.2, -0.15) is 5.10 Å². The second-order valence-corrected chi connectivity index (χ2v) is 5.18. The van der Waals surface area contributed by atoms with Gasteiger partial charge in [0.15, 0.2) is 0 Å². The standard InChI is InChI=1S/C12H18N4OS/c1-8-7-18-11(14-8)6-13-12-9(2)10(3)15-16(12)4-5-17/h7,13,17H,4-6H2,1-3H3. The minimum Gasteiger partial charge on any atom is -0.394 e. The van der Waals surface area contributed by atoms with E-state index in [0.29, 0.717) is 13.1 Å². The lowest BCUT2D eigenvalue weighted by Crippen LogP contribution is -2.10. The maximum Gasteiger partial charge on any atom is 0.127 e. The van der Waals surface area contributed by atoms with Crippen LogP contribution in [0.5, 0.6) is 0 Å². The summed E-state index contributed by atoms with van der Waals surface area (Å²) in [5.74, 6) is 0.967. The first-order chi connectivity index (χ1) is 8.61. The monoisotopic (exact) mass is 266 g/mol. The van der Waals surface area contributed by atoms with Gasteiger partial charge in [0.1, 0.15) is 10.8 Å². The molecule has 0 bridgehead atoms. The van der Waals surface area contributed by atoms with Gasteiger partial charge in [0, 0.05) is 16.6 Å². The van der Waals surface area contributed by atoms with Crippen molar-refractivity contribution in [2.24, 2.45) is 0 Å². The quantitative estimate of drug-likeness (QED) is 0.867. The van der Waals surface area contributed by atoms with Gasteiger partial charge in [-0.15, -0.1) is 11.3 Å². The Labute approximate surface area is 110 Å². The molecule has 0 aliphatic heterocycles. The van der Waals surface area contributed by atoms with Gasteiger partial charge in [0.25, 0.3) is 0 Å². The Bertz CT molecular complexity index is 532. The lowest BCUT2D eigenvalue weighted by molar-refractivity contribution is 0.270. The van der Waals surface area contributed by atoms with Crippen molar-refractivity contribution >= 4 is 17.2 Å². The topological polar surface area (TPSA) is 63.0 Å². The van der Waals surface area contributed by atoms with Crippen LogP contribution in [0.25, 0.3) is 0 Å². The van der Waals surface area contributed by atoms with Crippen LogP contribution in [0, 0.1) is 20.8 Å². The van der Waals surface area contributed by atoms with Crippen LogP contribution >= 0.6 is 11.3 Å². The molecule has 0 atom stereocenters. The molecule has 0 saturated carbocycles. The van der Waals surface area contributed by atoms with Crippen LogP contribution in [0.4, 0.5) is 5.82 Å². The van der Waals surface area contributed by atoms with E-state index >= 15 is 0 Å². The minimum atomic E-state index is 0.0889. The van der Waals surface area contributed by atoms with Gasteiger partial charge in [0.2, 0.25) is 0 Å². The number of aromatic nitrogens is 3. The van der Waals surface area contributed by atoms with Crippen molar-refractivity contribution in [3.05, 3.63) is 27.3 Å². The molecule has 2 N–H and O–H groups in total. The number of thiazole rings is 1. The fourth-order valence-electron chi connectivity index (χ4n) is 1.79. The normalized spacial score (nSPS) is 10.9. The molecule has 2 aromatic heterocycles. The first-order valence-corrected chi connectivity index (χ1v) is 6.79. The van der Waals surface area contributed by atoms with Crippen molar-refractivity contribution in [1.29, 1.82) is 0 Å². The molecule has 2 rings (SSSR count). The molecule has 0 fully saturated rings. The number of aryl methyl sites for hydroxylation is 2. The van der Waals surface area contributed by atoms with Crippen molar-refractivity contribution in [3.63, 3.8) is 0 Å². The Hall–Kier alpha value is -1.40. The van der Waals surface area contributed by atoms with Gasteiger partial charge in [-0.05, 0) is 20.8 Å². The lowest BCUT2D eigenvalue weighted by Gasteiger charge is -2.08. The van der Waals surface area contributed by atoms with Crippen LogP contribution < -0.4 is 5.32 Å². The summed E-state index contributed by atoms with van der Waals surface area (Å²) in [6.45, 7) is 7.29. The zero-order chi connectivity index (χ0) is 13.1. The highest BCUT2D eigenvalue weighted by molar-refractivity contribution is 7.09. The Morgan fingerprint density at radius 1 is 1.39 bits per heavy atom. The summed E-state index contributed by atoms with van der Waals surface area (Å²) >= 11 is 1.65. The maximum atomic E-state index is 9.03. The molecule has 5 nitrogen and oxygen atoms in total. The van der Waals surface area contributed by atoms with E-state index in [0.717, 1.165) is 27.8 Å². The SMILES string of the molecule is Cc1csc(CNc2c(C)c(C)nn2CCO)n1. The van der Waals surface area contributed by atoms with Crippen LogP contribution in [-0.2, 0) is 13.1 Å². The predicted molar refractivity (Wildman–Crippen MR) is 73.0 cm³/mol. The van der Waals surface area contributed by atoms with Gasteiger partial charge in [0.05, 0.1) is 25.4 Å². The molecule has 2 aromatic rings. The highest BCUT2D eigenvalue weighted by Gasteiger charge is 2.11. The molecule has 6 heteroatoms. The highest BCUT2D eigenvalue weighted by Crippen LogP contribution is 2.19. The third-order valence-electron chi connectivity index (χ3n) is 2.81. The highest BCUT2D eigenvalue weighted by atomic mass is 32.1. The third kappa shape index (κ3) is 2.70. The molecule has 98 valence electrons. The molecule has 18 heavy (non-hydrogen) atoms. The van der Waals surface area contributed by atoms with Crippen molar-refractivity contribution in [1.82, 2.24) is 14.8 Å². The second kappa shape index (κ2) is 5.49. The van der Waals surface area contributed by atoms with Crippen molar-refractivity contribution < 1.29 is 5.11 Å². The van der Waals surface area contributed by atoms with E-state index in [1.165, 1.54) is 0 Å². The summed E-state index contributed by atoms with van der Waals surface area (Å²) < 4.78 is 1.81. The summed E-state index contributed by atoms with van der Waals surface area (Å²) in [7, 11) is 0. The number of nitrogens with one attached hydrogen (secondary N) is 1. The molecule has 0 saturated heterocycles. The van der Waals surface area contributed by atoms with Crippen LogP contribution in [0.3, 0.4) is 0 Å². The molecule has 2 heterocycles. The second-order valence-electron chi connectivity index (χ2n) is 4.24. The van der Waals surface area contributed by atoms with Crippen molar-refractivity contribution in [3.8, 4) is 0 Å². The minimum absolute atomic E-state index is 0.0889. The van der Waals surface area contributed by atoms with E-state index in [1.807, 2.05) is 30.8 Å². The first kappa shape index (κ1) is 13.0. The predicted octanol–water partition coefficient (Wildman–Crippen LogP) is 1.87. The molecule has 0 amide bonds. The van der Waals surface area contributed by atoms with Gasteiger partial charge >= 0.3 is 0 Å². The fourth-order valence-corrected chi connectivity index (χ4v) is 2.51. The smallest absolute Gasteiger partial charge is 0.127 e. The average Bonchev–Trinajstić information content (AvgIpc) is 2.84. The number of aliphatic hydroxyl groups is 1. The van der Waals surface area contributed by atoms with E-state index < -0.39 is 0 Å². The van der Waals surface area contributed by atoms with Gasteiger partial charge in [-0.1, -0.05) is 0 Å². The number of hydrogen-bond donors (Lipinski definition) is 2. The molecular weight excluding hydrogens is 248 g/mol. The summed E-state index contributed by atoms with van der Waals surface area (Å²) in [5, 5.41) is 19.9. The van der Waals surface area contributed by atoms with E-state index in [1.54, 1.807) is 11.3 Å². The molecule has 0 radical (unpaired) electrons. The van der Waals surface area contributed by atoms with E-state index in [4.69, 9.17) is 5.11 Å². The maximum absolute atomic E-state index is 9.03. The molecular formula is C12H18N4OS. The zero-order valence-electron chi connectivity index (χ0n) is 10.9. The number of anilines is 1. The van der Waals surface area contributed by atoms with E-state index in [9.17, 15) is 0 Å². The zero-order valence-corrected chi connectivity index (χ0v) is 11.7. The Kier molecular flexibility index (Phi) is 3.98. The van der Waals surface area contributed by atoms with Crippen LogP contribution in [0.1, 0.15) is 22.0 Å². The van der Waals surface area contributed by atoms with Gasteiger partial charge in [-0.25, -0.2) is 9.67 Å². The number of hydrogen-bond acceptors (Lipinski definition) is 5. The average molecular weight is 266 g/mol. The van der Waals surface area contributed by atoms with E-state index in [-0.39, 0.29) is 6.61 Å². The third-order valence-corrected chi connectivity index (χ3v) is 3.78. The summed E-state index contributed by atoms with van der Waals surface area (Å²) in [6, 6.07) is 0. The fraction of sp³-hybridized carbons (Fsp3) is 0.500.